The Morgan fingerprint density at radius 1 is 1.38 bits per heavy atom. The number of aromatic nitrogens is 2. The topological polar surface area (TPSA) is 17.8 Å². The molecule has 0 aliphatic rings. The van der Waals surface area contributed by atoms with Crippen LogP contribution in [0.25, 0.3) is 11.0 Å². The number of nitrogens with zero attached hydrogens (tertiary/aromatic N) is 2. The number of benzene rings is 1. The van der Waals surface area contributed by atoms with Gasteiger partial charge in [0.05, 0.1) is 22.5 Å². The molecule has 2 unspecified atom stereocenters. The first-order valence-corrected chi connectivity index (χ1v) is 9.07. The van der Waals surface area contributed by atoms with Gasteiger partial charge in [-0.2, -0.15) is 0 Å². The molecule has 0 fully saturated rings. The molecule has 2 atom stereocenters. The smallest absolute Gasteiger partial charge is 0.128 e. The molecule has 2 aromatic heterocycles. The molecule has 3 aromatic rings. The van der Waals surface area contributed by atoms with Crippen LogP contribution < -0.4 is 0 Å². The third-order valence-electron chi connectivity index (χ3n) is 3.60. The summed E-state index contributed by atoms with van der Waals surface area (Å²) in [6, 6.07) is 10.8. The quantitative estimate of drug-likeness (QED) is 0.493. The summed E-state index contributed by atoms with van der Waals surface area (Å²) in [7, 11) is 0. The van der Waals surface area contributed by atoms with Gasteiger partial charge < -0.3 is 4.57 Å². The third kappa shape index (κ3) is 2.77. The highest BCUT2D eigenvalue weighted by Crippen LogP contribution is 2.35. The molecule has 21 heavy (non-hydrogen) atoms. The van der Waals surface area contributed by atoms with Crippen molar-refractivity contribution in [2.24, 2.45) is 0 Å². The molecule has 5 heteroatoms. The standard InChI is InChI=1S/C16H16BrClN2S/c1-3-13(15-5-4-8-21-15)20-14-9-11(17)6-7-12(14)19-16(20)10(2)18/h4-10,13H,3H2,1-2H3. The Labute approximate surface area is 141 Å². The molecule has 0 bridgehead atoms. The number of rotatable bonds is 4. The number of imidazole rings is 1. The fourth-order valence-corrected chi connectivity index (χ4v) is 4.09. The van der Waals surface area contributed by atoms with Crippen LogP contribution in [0, 0.1) is 0 Å². The number of hydrogen-bond acceptors (Lipinski definition) is 2. The minimum atomic E-state index is -0.120. The second-order valence-corrected chi connectivity index (χ2v) is 7.58. The molecule has 0 saturated heterocycles. The summed E-state index contributed by atoms with van der Waals surface area (Å²) >= 11 is 11.7. The molecule has 0 radical (unpaired) electrons. The van der Waals surface area contributed by atoms with Crippen molar-refractivity contribution in [2.45, 2.75) is 31.7 Å². The van der Waals surface area contributed by atoms with Gasteiger partial charge in [0.25, 0.3) is 0 Å². The van der Waals surface area contributed by atoms with E-state index in [1.54, 1.807) is 11.3 Å². The highest BCUT2D eigenvalue weighted by Gasteiger charge is 2.22. The van der Waals surface area contributed by atoms with Crippen molar-refractivity contribution >= 4 is 49.9 Å². The van der Waals surface area contributed by atoms with E-state index < -0.39 is 0 Å². The highest BCUT2D eigenvalue weighted by molar-refractivity contribution is 9.10. The largest absolute Gasteiger partial charge is 0.318 e. The van der Waals surface area contributed by atoms with Gasteiger partial charge >= 0.3 is 0 Å². The van der Waals surface area contributed by atoms with E-state index in [9.17, 15) is 0 Å². The molecule has 0 saturated carbocycles. The minimum Gasteiger partial charge on any atom is -0.318 e. The van der Waals surface area contributed by atoms with E-state index in [0.29, 0.717) is 0 Å². The highest BCUT2D eigenvalue weighted by atomic mass is 79.9. The van der Waals surface area contributed by atoms with Crippen LogP contribution in [0.15, 0.2) is 40.2 Å². The van der Waals surface area contributed by atoms with Crippen molar-refractivity contribution in [3.05, 3.63) is 50.9 Å². The summed E-state index contributed by atoms with van der Waals surface area (Å²) in [6.07, 6.45) is 1.01. The Kier molecular flexibility index (Phi) is 4.38. The van der Waals surface area contributed by atoms with E-state index in [2.05, 4.69) is 51.0 Å². The average Bonchev–Trinajstić information content (AvgIpc) is 3.08. The predicted molar refractivity (Wildman–Crippen MR) is 94.5 cm³/mol. The first kappa shape index (κ1) is 15.1. The third-order valence-corrected chi connectivity index (χ3v) is 5.27. The number of alkyl halides is 1. The van der Waals surface area contributed by atoms with Gasteiger partial charge in [-0.1, -0.05) is 28.9 Å². The predicted octanol–water partition coefficient (Wildman–Crippen LogP) is 6.16. The van der Waals surface area contributed by atoms with Crippen LogP contribution in [-0.2, 0) is 0 Å². The minimum absolute atomic E-state index is 0.120. The van der Waals surface area contributed by atoms with Crippen LogP contribution in [0.3, 0.4) is 0 Å². The lowest BCUT2D eigenvalue weighted by atomic mass is 10.1. The lowest BCUT2D eigenvalue weighted by molar-refractivity contribution is 0.563. The number of fused-ring (bicyclic) bond motifs is 1. The van der Waals surface area contributed by atoms with Gasteiger partial charge in [0.15, 0.2) is 0 Å². The first-order valence-electron chi connectivity index (χ1n) is 6.96. The molecule has 2 nitrogen and oxygen atoms in total. The van der Waals surface area contributed by atoms with Gasteiger partial charge in [-0.15, -0.1) is 22.9 Å². The van der Waals surface area contributed by atoms with Gasteiger partial charge in [-0.3, -0.25) is 0 Å². The number of thiophene rings is 1. The van der Waals surface area contributed by atoms with E-state index in [1.807, 2.05) is 19.1 Å². The van der Waals surface area contributed by atoms with Crippen molar-refractivity contribution in [1.29, 1.82) is 0 Å². The second kappa shape index (κ2) is 6.11. The van der Waals surface area contributed by atoms with Gasteiger partial charge in [0.2, 0.25) is 0 Å². The molecule has 0 amide bonds. The summed E-state index contributed by atoms with van der Waals surface area (Å²) in [5.74, 6) is 0.935. The van der Waals surface area contributed by atoms with Crippen LogP contribution in [0.2, 0.25) is 0 Å². The molecular formula is C16H16BrClN2S. The SMILES string of the molecule is CCC(c1cccs1)n1c(C(C)Cl)nc2ccc(Br)cc21. The zero-order valence-corrected chi connectivity index (χ0v) is 15.0. The zero-order chi connectivity index (χ0) is 15.0. The normalized spacial score (nSPS) is 14.5. The Hall–Kier alpha value is -0.840. The van der Waals surface area contributed by atoms with Crippen LogP contribution in [0.5, 0.6) is 0 Å². The van der Waals surface area contributed by atoms with E-state index in [-0.39, 0.29) is 11.4 Å². The lowest BCUT2D eigenvalue weighted by Gasteiger charge is -2.20. The maximum absolute atomic E-state index is 6.39. The molecule has 0 aliphatic heterocycles. The van der Waals surface area contributed by atoms with E-state index in [0.717, 1.165) is 27.8 Å². The molecule has 0 aliphatic carbocycles. The summed E-state index contributed by atoms with van der Waals surface area (Å²) in [4.78, 5) is 6.09. The van der Waals surface area contributed by atoms with Crippen molar-refractivity contribution < 1.29 is 0 Å². The second-order valence-electron chi connectivity index (χ2n) is 5.03. The van der Waals surface area contributed by atoms with E-state index in [4.69, 9.17) is 16.6 Å². The van der Waals surface area contributed by atoms with Crippen molar-refractivity contribution in [1.82, 2.24) is 9.55 Å². The van der Waals surface area contributed by atoms with Crippen molar-refractivity contribution in [3.8, 4) is 0 Å². The lowest BCUT2D eigenvalue weighted by Crippen LogP contribution is -2.12. The maximum Gasteiger partial charge on any atom is 0.128 e. The van der Waals surface area contributed by atoms with Crippen LogP contribution in [-0.4, -0.2) is 9.55 Å². The molecule has 2 heterocycles. The Bertz CT molecular complexity index is 749. The van der Waals surface area contributed by atoms with Crippen molar-refractivity contribution in [3.63, 3.8) is 0 Å². The van der Waals surface area contributed by atoms with Crippen molar-refractivity contribution in [2.75, 3.05) is 0 Å². The van der Waals surface area contributed by atoms with Crippen LogP contribution in [0.1, 0.15) is 42.4 Å². The van der Waals surface area contributed by atoms with E-state index in [1.165, 1.54) is 4.88 Å². The van der Waals surface area contributed by atoms with E-state index >= 15 is 0 Å². The monoisotopic (exact) mass is 382 g/mol. The summed E-state index contributed by atoms with van der Waals surface area (Å²) < 4.78 is 3.36. The summed E-state index contributed by atoms with van der Waals surface area (Å²) in [6.45, 7) is 4.19. The van der Waals surface area contributed by atoms with Gasteiger partial charge in [0, 0.05) is 9.35 Å². The number of hydrogen-bond donors (Lipinski definition) is 0. The van der Waals surface area contributed by atoms with Crippen LogP contribution >= 0.6 is 38.9 Å². The molecule has 0 N–H and O–H groups in total. The molecular weight excluding hydrogens is 368 g/mol. The molecule has 3 rings (SSSR count). The average molecular weight is 384 g/mol. The van der Waals surface area contributed by atoms with Gasteiger partial charge in [-0.25, -0.2) is 4.98 Å². The summed E-state index contributed by atoms with van der Waals surface area (Å²) in [5.41, 5.74) is 2.13. The molecule has 1 aromatic carbocycles. The van der Waals surface area contributed by atoms with Gasteiger partial charge in [-0.05, 0) is 43.0 Å². The van der Waals surface area contributed by atoms with Gasteiger partial charge in [0.1, 0.15) is 5.82 Å². The fourth-order valence-electron chi connectivity index (χ4n) is 2.68. The Morgan fingerprint density at radius 2 is 2.19 bits per heavy atom. The molecule has 0 spiro atoms. The Balaban J connectivity index is 2.27. The number of halogens is 2. The maximum atomic E-state index is 6.39. The molecule has 110 valence electrons. The fraction of sp³-hybridized carbons (Fsp3) is 0.312. The first-order chi connectivity index (χ1) is 10.1. The Morgan fingerprint density at radius 3 is 2.81 bits per heavy atom. The summed E-state index contributed by atoms with van der Waals surface area (Å²) in [5, 5.41) is 2.00. The van der Waals surface area contributed by atoms with Crippen LogP contribution in [0.4, 0.5) is 0 Å². The zero-order valence-electron chi connectivity index (χ0n) is 11.9.